The van der Waals surface area contributed by atoms with Crippen LogP contribution in [0, 0.1) is 5.92 Å². The SMILES string of the molecule is CCCCCCCCCCCCCCCCCC(CO)C(=O)O. The first-order valence-corrected chi connectivity index (χ1v) is 10.1. The molecule has 0 saturated carbocycles. The summed E-state index contributed by atoms with van der Waals surface area (Å²) in [5, 5.41) is 17.8. The van der Waals surface area contributed by atoms with Gasteiger partial charge in [-0.3, -0.25) is 4.79 Å². The summed E-state index contributed by atoms with van der Waals surface area (Å²) in [6.07, 6.45) is 20.4. The normalized spacial score (nSPS) is 12.4. The van der Waals surface area contributed by atoms with E-state index < -0.39 is 11.9 Å². The fourth-order valence-corrected chi connectivity index (χ4v) is 3.05. The molecular formula is C20H40O3. The molecule has 0 fully saturated rings. The zero-order valence-corrected chi connectivity index (χ0v) is 15.4. The van der Waals surface area contributed by atoms with Crippen molar-refractivity contribution in [2.75, 3.05) is 6.61 Å². The monoisotopic (exact) mass is 328 g/mol. The summed E-state index contributed by atoms with van der Waals surface area (Å²) in [5.74, 6) is -1.42. The van der Waals surface area contributed by atoms with E-state index >= 15 is 0 Å². The number of aliphatic hydroxyl groups excluding tert-OH is 1. The van der Waals surface area contributed by atoms with Gasteiger partial charge in [0, 0.05) is 0 Å². The molecule has 0 aliphatic carbocycles. The fraction of sp³-hybridized carbons (Fsp3) is 0.950. The van der Waals surface area contributed by atoms with Crippen LogP contribution in [0.2, 0.25) is 0 Å². The van der Waals surface area contributed by atoms with Crippen molar-refractivity contribution in [3.63, 3.8) is 0 Å². The molecule has 0 rings (SSSR count). The van der Waals surface area contributed by atoms with E-state index in [0.29, 0.717) is 6.42 Å². The summed E-state index contributed by atoms with van der Waals surface area (Å²) in [6.45, 7) is 2.04. The summed E-state index contributed by atoms with van der Waals surface area (Å²) < 4.78 is 0. The standard InChI is InChI=1S/C20H40O3/c1-2-3-4-5-6-7-8-9-10-11-12-13-14-15-16-17-19(18-21)20(22)23/h19,21H,2-18H2,1H3,(H,22,23). The van der Waals surface area contributed by atoms with Crippen molar-refractivity contribution in [3.8, 4) is 0 Å². The second-order valence-corrected chi connectivity index (χ2v) is 6.96. The highest BCUT2D eigenvalue weighted by atomic mass is 16.4. The highest BCUT2D eigenvalue weighted by Crippen LogP contribution is 2.15. The predicted octanol–water partition coefficient (Wildman–Crippen LogP) is 5.94. The van der Waals surface area contributed by atoms with Crippen molar-refractivity contribution in [3.05, 3.63) is 0 Å². The molecule has 0 spiro atoms. The Morgan fingerprint density at radius 3 is 1.35 bits per heavy atom. The summed E-state index contributed by atoms with van der Waals surface area (Å²) in [6, 6.07) is 0. The summed E-state index contributed by atoms with van der Waals surface area (Å²) in [4.78, 5) is 10.7. The van der Waals surface area contributed by atoms with Crippen LogP contribution in [-0.4, -0.2) is 22.8 Å². The minimum Gasteiger partial charge on any atom is -0.481 e. The van der Waals surface area contributed by atoms with E-state index in [4.69, 9.17) is 10.2 Å². The molecule has 0 aliphatic heterocycles. The van der Waals surface area contributed by atoms with Gasteiger partial charge in [0.25, 0.3) is 0 Å². The third-order valence-electron chi connectivity index (χ3n) is 4.73. The van der Waals surface area contributed by atoms with Crippen LogP contribution in [0.5, 0.6) is 0 Å². The fourth-order valence-electron chi connectivity index (χ4n) is 3.05. The minimum atomic E-state index is -0.863. The van der Waals surface area contributed by atoms with Gasteiger partial charge in [0.2, 0.25) is 0 Å². The summed E-state index contributed by atoms with van der Waals surface area (Å²) in [5.41, 5.74) is 0. The van der Waals surface area contributed by atoms with Crippen LogP contribution < -0.4 is 0 Å². The molecule has 0 radical (unpaired) electrons. The first-order chi connectivity index (χ1) is 11.2. The van der Waals surface area contributed by atoms with Crippen molar-refractivity contribution in [1.82, 2.24) is 0 Å². The Balaban J connectivity index is 3.12. The van der Waals surface area contributed by atoms with Gasteiger partial charge in [-0.1, -0.05) is 103 Å². The Hall–Kier alpha value is -0.570. The minimum absolute atomic E-state index is 0.228. The molecule has 0 bridgehead atoms. The number of aliphatic hydroxyl groups is 1. The first kappa shape index (κ1) is 22.4. The Bertz CT molecular complexity index is 253. The number of hydrogen-bond acceptors (Lipinski definition) is 2. The van der Waals surface area contributed by atoms with Gasteiger partial charge in [-0.05, 0) is 6.42 Å². The highest BCUT2D eigenvalue weighted by molar-refractivity contribution is 5.69. The molecule has 0 amide bonds. The van der Waals surface area contributed by atoms with Crippen LogP contribution in [0.25, 0.3) is 0 Å². The zero-order valence-electron chi connectivity index (χ0n) is 15.4. The zero-order chi connectivity index (χ0) is 17.2. The summed E-state index contributed by atoms with van der Waals surface area (Å²) >= 11 is 0. The number of aliphatic carboxylic acids is 1. The van der Waals surface area contributed by atoms with E-state index in [9.17, 15) is 4.79 Å². The van der Waals surface area contributed by atoms with Gasteiger partial charge < -0.3 is 10.2 Å². The lowest BCUT2D eigenvalue weighted by atomic mass is 10.0. The Kier molecular flexibility index (Phi) is 17.3. The van der Waals surface area contributed by atoms with Gasteiger partial charge in [-0.2, -0.15) is 0 Å². The van der Waals surface area contributed by atoms with E-state index in [1.54, 1.807) is 0 Å². The van der Waals surface area contributed by atoms with Crippen LogP contribution in [-0.2, 0) is 4.79 Å². The van der Waals surface area contributed by atoms with Gasteiger partial charge in [-0.25, -0.2) is 0 Å². The average molecular weight is 329 g/mol. The van der Waals surface area contributed by atoms with E-state index in [-0.39, 0.29) is 6.61 Å². The highest BCUT2D eigenvalue weighted by Gasteiger charge is 2.14. The lowest BCUT2D eigenvalue weighted by Gasteiger charge is -2.08. The molecule has 138 valence electrons. The number of rotatable bonds is 18. The largest absolute Gasteiger partial charge is 0.481 e. The molecule has 23 heavy (non-hydrogen) atoms. The topological polar surface area (TPSA) is 57.5 Å². The second-order valence-electron chi connectivity index (χ2n) is 6.96. The molecule has 3 nitrogen and oxygen atoms in total. The maximum atomic E-state index is 10.7. The molecule has 0 aromatic rings. The molecule has 0 aromatic heterocycles. The predicted molar refractivity (Wildman–Crippen MR) is 97.8 cm³/mol. The number of carboxylic acids is 1. The Morgan fingerprint density at radius 1 is 0.696 bits per heavy atom. The molecule has 1 atom stereocenters. The molecular weight excluding hydrogens is 288 g/mol. The van der Waals surface area contributed by atoms with Crippen molar-refractivity contribution in [2.24, 2.45) is 5.92 Å². The van der Waals surface area contributed by atoms with Gasteiger partial charge in [0.1, 0.15) is 0 Å². The van der Waals surface area contributed by atoms with Crippen LogP contribution >= 0.6 is 0 Å². The third-order valence-corrected chi connectivity index (χ3v) is 4.73. The van der Waals surface area contributed by atoms with E-state index in [1.807, 2.05) is 0 Å². The van der Waals surface area contributed by atoms with Gasteiger partial charge in [-0.15, -0.1) is 0 Å². The van der Waals surface area contributed by atoms with Crippen LogP contribution in [0.3, 0.4) is 0 Å². The summed E-state index contributed by atoms with van der Waals surface area (Å²) in [7, 11) is 0. The van der Waals surface area contributed by atoms with Gasteiger partial charge >= 0.3 is 5.97 Å². The maximum absolute atomic E-state index is 10.7. The van der Waals surface area contributed by atoms with Crippen molar-refractivity contribution < 1.29 is 15.0 Å². The third kappa shape index (κ3) is 16.1. The second kappa shape index (κ2) is 17.8. The lowest BCUT2D eigenvalue weighted by molar-refractivity contribution is -0.143. The van der Waals surface area contributed by atoms with Crippen molar-refractivity contribution in [1.29, 1.82) is 0 Å². The van der Waals surface area contributed by atoms with Crippen LogP contribution in [0.4, 0.5) is 0 Å². The molecule has 0 aromatic carbocycles. The molecule has 0 heterocycles. The average Bonchev–Trinajstić information content (AvgIpc) is 2.54. The maximum Gasteiger partial charge on any atom is 0.308 e. The van der Waals surface area contributed by atoms with E-state index in [0.717, 1.165) is 12.8 Å². The molecule has 2 N–H and O–H groups in total. The smallest absolute Gasteiger partial charge is 0.308 e. The number of carboxylic acid groups (broad SMARTS) is 1. The molecule has 1 unspecified atom stereocenters. The molecule has 3 heteroatoms. The van der Waals surface area contributed by atoms with Crippen molar-refractivity contribution >= 4 is 5.97 Å². The lowest BCUT2D eigenvalue weighted by Crippen LogP contribution is -2.17. The number of unbranched alkanes of at least 4 members (excludes halogenated alkanes) is 14. The Morgan fingerprint density at radius 2 is 1.04 bits per heavy atom. The van der Waals surface area contributed by atoms with Gasteiger partial charge in [0.05, 0.1) is 12.5 Å². The number of hydrogen-bond donors (Lipinski definition) is 2. The van der Waals surface area contributed by atoms with Gasteiger partial charge in [0.15, 0.2) is 0 Å². The quantitative estimate of drug-likeness (QED) is 0.306. The molecule has 0 aliphatic rings. The Labute approximate surface area is 143 Å². The molecule has 0 saturated heterocycles. The first-order valence-electron chi connectivity index (χ1n) is 10.1. The van der Waals surface area contributed by atoms with Crippen molar-refractivity contribution in [2.45, 2.75) is 110 Å². The number of carbonyl (C=O) groups is 1. The van der Waals surface area contributed by atoms with E-state index in [2.05, 4.69) is 6.92 Å². The van der Waals surface area contributed by atoms with Crippen LogP contribution in [0.1, 0.15) is 110 Å². The van der Waals surface area contributed by atoms with Crippen LogP contribution in [0.15, 0.2) is 0 Å². The van der Waals surface area contributed by atoms with E-state index in [1.165, 1.54) is 83.5 Å².